The predicted molar refractivity (Wildman–Crippen MR) is 173 cm³/mol. The monoisotopic (exact) mass is 688 g/mol. The van der Waals surface area contributed by atoms with Crippen molar-refractivity contribution >= 4 is 47.3 Å². The van der Waals surface area contributed by atoms with Crippen LogP contribution < -0.4 is 15.4 Å². The Morgan fingerprint density at radius 2 is 1.94 bits per heavy atom. The molecular formula is C32H35ClF2N6O7. The molecule has 1 aromatic heterocycles. The minimum atomic E-state index is -3.07. The average molecular weight is 689 g/mol. The Bertz CT molecular complexity index is 1690. The number of hydrogen-bond acceptors (Lipinski definition) is 10. The highest BCUT2D eigenvalue weighted by Gasteiger charge is 2.37. The quantitative estimate of drug-likeness (QED) is 0.139. The number of aliphatic imine (C=N–C) groups is 1. The second kappa shape index (κ2) is 15.3. The predicted octanol–water partition coefficient (Wildman–Crippen LogP) is 6.71. The minimum absolute atomic E-state index is 0.122. The van der Waals surface area contributed by atoms with Crippen LogP contribution in [0.4, 0.5) is 29.7 Å². The topological polar surface area (TPSA) is 156 Å². The van der Waals surface area contributed by atoms with Gasteiger partial charge >= 0.3 is 24.8 Å². The fourth-order valence-electron chi connectivity index (χ4n) is 5.89. The third-order valence-electron chi connectivity index (χ3n) is 8.09. The number of fused-ring (bicyclic) bond motifs is 4. The summed E-state index contributed by atoms with van der Waals surface area (Å²) in [6.07, 6.45) is 1.72. The number of H-pyrrole nitrogens is 1. The number of halogens is 3. The molecule has 3 atom stereocenters. The Morgan fingerprint density at radius 3 is 2.65 bits per heavy atom. The average Bonchev–Trinajstić information content (AvgIpc) is 3.47. The molecule has 5 rings (SSSR count). The number of esters is 1. The van der Waals surface area contributed by atoms with Gasteiger partial charge in [-0.2, -0.15) is 8.78 Å². The van der Waals surface area contributed by atoms with Gasteiger partial charge in [-0.3, -0.25) is 15.2 Å². The molecule has 2 aliphatic heterocycles. The summed E-state index contributed by atoms with van der Waals surface area (Å²) in [6.45, 7) is -2.85. The molecule has 0 aliphatic carbocycles. The number of nitrogens with one attached hydrogen (secondary N) is 3. The molecule has 1 saturated heterocycles. The van der Waals surface area contributed by atoms with E-state index in [0.29, 0.717) is 59.8 Å². The third-order valence-corrected chi connectivity index (χ3v) is 8.32. The van der Waals surface area contributed by atoms with E-state index in [1.165, 1.54) is 32.4 Å². The van der Waals surface area contributed by atoms with Gasteiger partial charge in [0.25, 0.3) is 0 Å². The summed E-state index contributed by atoms with van der Waals surface area (Å²) in [5, 5.41) is 6.19. The second-order valence-electron chi connectivity index (χ2n) is 11.1. The van der Waals surface area contributed by atoms with Crippen molar-refractivity contribution in [1.82, 2.24) is 14.9 Å². The van der Waals surface area contributed by atoms with E-state index in [9.17, 15) is 23.2 Å². The molecule has 2 amide bonds. The standard InChI is InChI=1S/C32H35ClF2N6O7/c1-36-16-23-27-19-10-9-18(37-31(43)46-3)15-22(19)38-21(29(42)45-2)6-4-5-7-24(28(39-23)40-27)41-13-12-26(48-32(41)44)20-14-17(33)8-11-25(20)47-30(34)35/h8-11,14-16,21,24,26,30,38H,4-7,12-13H2,1-3H3,(H,37,43)(H,39,40)/t21-,24+,26?/m1/s1. The fourth-order valence-corrected chi connectivity index (χ4v) is 6.07. The lowest BCUT2D eigenvalue weighted by Gasteiger charge is -2.37. The lowest BCUT2D eigenvalue weighted by molar-refractivity contribution is -0.141. The zero-order valence-corrected chi connectivity index (χ0v) is 27.2. The molecular weight excluding hydrogens is 654 g/mol. The molecule has 0 saturated carbocycles. The number of cyclic esters (lactones) is 1. The highest BCUT2D eigenvalue weighted by Crippen LogP contribution is 2.40. The van der Waals surface area contributed by atoms with Crippen LogP contribution in [0.5, 0.6) is 5.75 Å². The summed E-state index contributed by atoms with van der Waals surface area (Å²) in [5.74, 6) is -0.114. The Balaban J connectivity index is 1.52. The molecule has 0 spiro atoms. The maximum absolute atomic E-state index is 13.6. The number of benzene rings is 2. The van der Waals surface area contributed by atoms with E-state index in [1.54, 1.807) is 36.4 Å². The second-order valence-corrected chi connectivity index (χ2v) is 11.5. The largest absolute Gasteiger partial charge is 0.467 e. The van der Waals surface area contributed by atoms with Crippen LogP contribution in [0.1, 0.15) is 61.3 Å². The van der Waals surface area contributed by atoms with E-state index < -0.39 is 43.0 Å². The maximum atomic E-state index is 13.6. The first kappa shape index (κ1) is 34.4. The maximum Gasteiger partial charge on any atom is 0.411 e. The summed E-state index contributed by atoms with van der Waals surface area (Å²) in [7, 11) is 4.17. The number of rotatable bonds is 7. The van der Waals surface area contributed by atoms with Crippen LogP contribution in [0, 0.1) is 0 Å². The number of imidazole rings is 1. The molecule has 13 nitrogen and oxygen atoms in total. The van der Waals surface area contributed by atoms with Gasteiger partial charge in [0.1, 0.15) is 23.7 Å². The van der Waals surface area contributed by atoms with Gasteiger partial charge < -0.3 is 29.2 Å². The van der Waals surface area contributed by atoms with Crippen molar-refractivity contribution in [3.63, 3.8) is 0 Å². The van der Waals surface area contributed by atoms with E-state index >= 15 is 0 Å². The summed E-state index contributed by atoms with van der Waals surface area (Å²) >= 11 is 6.15. The van der Waals surface area contributed by atoms with Crippen molar-refractivity contribution < 1.29 is 42.1 Å². The summed E-state index contributed by atoms with van der Waals surface area (Å²) in [5.41, 5.74) is 2.76. The smallest absolute Gasteiger partial charge is 0.411 e. The van der Waals surface area contributed by atoms with Crippen LogP contribution in [0.2, 0.25) is 5.02 Å². The molecule has 2 aliphatic rings. The van der Waals surface area contributed by atoms with Gasteiger partial charge in [0, 0.05) is 53.8 Å². The molecule has 3 aromatic rings. The highest BCUT2D eigenvalue weighted by atomic mass is 35.5. The number of alkyl halides is 2. The van der Waals surface area contributed by atoms with Gasteiger partial charge in [-0.05, 0) is 49.2 Å². The molecule has 1 unspecified atom stereocenters. The number of ether oxygens (including phenoxy) is 4. The molecule has 0 radical (unpaired) electrons. The summed E-state index contributed by atoms with van der Waals surface area (Å²) in [6, 6.07) is 7.96. The van der Waals surface area contributed by atoms with Crippen molar-refractivity contribution in [3.8, 4) is 17.0 Å². The van der Waals surface area contributed by atoms with Crippen LogP contribution in [0.25, 0.3) is 11.3 Å². The van der Waals surface area contributed by atoms with Gasteiger partial charge in [-0.25, -0.2) is 19.4 Å². The van der Waals surface area contributed by atoms with Crippen molar-refractivity contribution in [3.05, 3.63) is 58.5 Å². The summed E-state index contributed by atoms with van der Waals surface area (Å²) in [4.78, 5) is 52.4. The van der Waals surface area contributed by atoms with E-state index in [4.69, 9.17) is 30.8 Å². The zero-order valence-electron chi connectivity index (χ0n) is 26.4. The number of aromatic amines is 1. The van der Waals surface area contributed by atoms with Crippen molar-refractivity contribution in [2.24, 2.45) is 4.99 Å². The number of aromatic nitrogens is 2. The Morgan fingerprint density at radius 1 is 1.15 bits per heavy atom. The number of nitrogens with zero attached hydrogens (tertiary/aromatic N) is 3. The van der Waals surface area contributed by atoms with E-state index in [1.807, 2.05) is 0 Å². The Hall–Kier alpha value is -4.92. The number of carbonyl (C=O) groups excluding carboxylic acids is 3. The first-order valence-electron chi connectivity index (χ1n) is 15.2. The molecule has 3 N–H and O–H groups in total. The van der Waals surface area contributed by atoms with Crippen LogP contribution in [0.3, 0.4) is 0 Å². The lowest BCUT2D eigenvalue weighted by Crippen LogP contribution is -2.42. The fraction of sp³-hybridized carbons (Fsp3) is 0.406. The SMILES string of the molecule is CN=Cc1[nH]c2nc1-c1ccc(NC(=O)OC)cc1N[C@@H](C(=O)OC)CCCC[C@@H]2N1CCC(c2cc(Cl)ccc2OC(F)F)OC1=O. The molecule has 16 heteroatoms. The molecule has 2 aromatic carbocycles. The van der Waals surface area contributed by atoms with Crippen molar-refractivity contribution in [2.45, 2.75) is 56.9 Å². The molecule has 3 heterocycles. The number of anilines is 2. The Labute approximate surface area is 279 Å². The molecule has 48 heavy (non-hydrogen) atoms. The number of carbonyl (C=O) groups is 3. The zero-order chi connectivity index (χ0) is 34.4. The van der Waals surface area contributed by atoms with Crippen LogP contribution in [-0.2, 0) is 19.0 Å². The van der Waals surface area contributed by atoms with E-state index in [0.717, 1.165) is 0 Å². The third kappa shape index (κ3) is 7.78. The number of methoxy groups -OCH3 is 2. The van der Waals surface area contributed by atoms with Crippen LogP contribution in [-0.4, -0.2) is 79.7 Å². The van der Waals surface area contributed by atoms with Gasteiger partial charge in [0.05, 0.1) is 31.6 Å². The van der Waals surface area contributed by atoms with Gasteiger partial charge in [-0.1, -0.05) is 24.4 Å². The molecule has 2 bridgehead atoms. The van der Waals surface area contributed by atoms with Crippen molar-refractivity contribution in [2.75, 3.05) is 38.4 Å². The number of amides is 2. The van der Waals surface area contributed by atoms with Crippen LogP contribution in [0.15, 0.2) is 41.4 Å². The normalized spacial score (nSPS) is 19.8. The first-order chi connectivity index (χ1) is 23.1. The highest BCUT2D eigenvalue weighted by molar-refractivity contribution is 6.30. The van der Waals surface area contributed by atoms with Gasteiger partial charge in [0.15, 0.2) is 0 Å². The van der Waals surface area contributed by atoms with Crippen molar-refractivity contribution in [1.29, 1.82) is 0 Å². The lowest BCUT2D eigenvalue weighted by atomic mass is 10.00. The van der Waals surface area contributed by atoms with Crippen LogP contribution >= 0.6 is 11.6 Å². The van der Waals surface area contributed by atoms with Gasteiger partial charge in [-0.15, -0.1) is 0 Å². The minimum Gasteiger partial charge on any atom is -0.467 e. The van der Waals surface area contributed by atoms with E-state index in [2.05, 4.69) is 25.3 Å². The first-order valence-corrected chi connectivity index (χ1v) is 15.6. The van der Waals surface area contributed by atoms with E-state index in [-0.39, 0.29) is 29.3 Å². The molecule has 256 valence electrons. The number of hydrogen-bond donors (Lipinski definition) is 3. The van der Waals surface area contributed by atoms with Gasteiger partial charge in [0.2, 0.25) is 0 Å². The molecule has 1 fully saturated rings. The Kier molecular flexibility index (Phi) is 11.0. The summed E-state index contributed by atoms with van der Waals surface area (Å²) < 4.78 is 46.5.